The third-order valence-electron chi connectivity index (χ3n) is 11.8. The van der Waals surface area contributed by atoms with Gasteiger partial charge < -0.3 is 19.5 Å². The molecule has 0 aromatic carbocycles. The van der Waals surface area contributed by atoms with Gasteiger partial charge in [-0.3, -0.25) is 4.79 Å². The molecule has 5 aliphatic rings. The predicted molar refractivity (Wildman–Crippen MR) is 175 cm³/mol. The quantitative estimate of drug-likeness (QED) is 0.0926. The van der Waals surface area contributed by atoms with Gasteiger partial charge >= 0.3 is 0 Å². The third-order valence-corrected chi connectivity index (χ3v) is 11.8. The molecule has 2 N–H and O–H groups in total. The number of likely N-dealkylation sites (tertiary alicyclic amines) is 1. The Kier molecular flexibility index (Phi) is 13.3. The van der Waals surface area contributed by atoms with Gasteiger partial charge in [0.15, 0.2) is 11.4 Å². The van der Waals surface area contributed by atoms with Gasteiger partial charge in [0, 0.05) is 49.6 Å². The minimum absolute atomic E-state index is 0.146. The summed E-state index contributed by atoms with van der Waals surface area (Å²) in [6.45, 7) is 3.28. The van der Waals surface area contributed by atoms with E-state index >= 15 is 4.79 Å². The average Bonchev–Trinajstić information content (AvgIpc) is 3.48. The molecule has 256 valence electrons. The summed E-state index contributed by atoms with van der Waals surface area (Å²) in [5, 5.41) is 17.2. The Labute approximate surface area is 274 Å². The molecule has 12 nitrogen and oxygen atoms in total. The lowest BCUT2D eigenvalue weighted by Crippen LogP contribution is -2.59. The first-order valence-electron chi connectivity index (χ1n) is 18.4. The average molecular weight is 642 g/mol. The van der Waals surface area contributed by atoms with Crippen LogP contribution in [0.5, 0.6) is 0 Å². The molecule has 2 aliphatic heterocycles. The van der Waals surface area contributed by atoms with Crippen molar-refractivity contribution in [3.63, 3.8) is 0 Å². The van der Waals surface area contributed by atoms with E-state index in [9.17, 15) is 10.6 Å². The first kappa shape index (κ1) is 34.8. The number of ether oxygens (including phenoxy) is 2. The number of carbonyl (C=O) groups is 1. The maximum absolute atomic E-state index is 15.1. The molecule has 12 heteroatoms. The van der Waals surface area contributed by atoms with Gasteiger partial charge in [-0.25, -0.2) is 4.99 Å². The largest absolute Gasteiger partial charge is 0.474 e. The van der Waals surface area contributed by atoms with Crippen LogP contribution in [-0.2, 0) is 14.3 Å². The van der Waals surface area contributed by atoms with E-state index in [0.29, 0.717) is 38.5 Å². The molecule has 1 amide bonds. The Hall–Kier alpha value is -2.52. The number of nitrogens with zero attached hydrogens (tertiary/aromatic N) is 7. The normalized spacial score (nSPS) is 34.9. The molecule has 0 aromatic heterocycles. The topological polar surface area (TPSA) is 170 Å². The number of nitrogens with one attached hydrogen (secondary N) is 1. The summed E-state index contributed by atoms with van der Waals surface area (Å²) in [5.41, 5.74) is 15.4. The lowest BCUT2D eigenvalue weighted by molar-refractivity contribution is -0.144. The number of amides is 1. The van der Waals surface area contributed by atoms with E-state index in [4.69, 9.17) is 20.0 Å². The van der Waals surface area contributed by atoms with Gasteiger partial charge in [0.25, 0.3) is 5.91 Å². The monoisotopic (exact) mass is 641 g/mol. The maximum atomic E-state index is 15.1. The smallest absolute Gasteiger partial charge is 0.254 e. The minimum Gasteiger partial charge on any atom is -0.474 e. The van der Waals surface area contributed by atoms with Gasteiger partial charge in [0.1, 0.15) is 23.3 Å². The highest BCUT2D eigenvalue weighted by Crippen LogP contribution is 2.50. The van der Waals surface area contributed by atoms with Crippen molar-refractivity contribution in [2.24, 2.45) is 44.8 Å². The Morgan fingerprint density at radius 3 is 2.41 bits per heavy atom. The third kappa shape index (κ3) is 8.49. The van der Waals surface area contributed by atoms with Gasteiger partial charge in [-0.1, -0.05) is 43.6 Å². The number of hydrogen-bond donors (Lipinski definition) is 2. The first-order valence-corrected chi connectivity index (χ1v) is 18.4. The Morgan fingerprint density at radius 1 is 0.978 bits per heavy atom. The molecule has 0 spiro atoms. The summed E-state index contributed by atoms with van der Waals surface area (Å²) in [6.07, 6.45) is 17.6. The number of aliphatic imine (C=N–C) groups is 1. The van der Waals surface area contributed by atoms with Crippen molar-refractivity contribution in [3.05, 3.63) is 10.4 Å². The predicted octanol–water partition coefficient (Wildman–Crippen LogP) is 6.75. The molecule has 46 heavy (non-hydrogen) atoms. The van der Waals surface area contributed by atoms with Crippen molar-refractivity contribution in [1.29, 1.82) is 5.53 Å². The van der Waals surface area contributed by atoms with Crippen LogP contribution in [0.2, 0.25) is 0 Å². The highest BCUT2D eigenvalue weighted by Gasteiger charge is 2.59. The van der Waals surface area contributed by atoms with Crippen LogP contribution in [0.4, 0.5) is 0 Å². The number of hydrogen-bond acceptors (Lipinski definition) is 8. The molecule has 3 saturated carbocycles. The lowest BCUT2D eigenvalue weighted by Gasteiger charge is -2.45. The molecule has 0 radical (unpaired) electrons. The summed E-state index contributed by atoms with van der Waals surface area (Å²) >= 11 is 0. The number of rotatable bonds is 14. The fourth-order valence-electron chi connectivity index (χ4n) is 9.33. The molecule has 4 unspecified atom stereocenters. The van der Waals surface area contributed by atoms with Crippen LogP contribution in [0.25, 0.3) is 10.4 Å². The van der Waals surface area contributed by atoms with Gasteiger partial charge in [0.2, 0.25) is 4.91 Å². The van der Waals surface area contributed by atoms with E-state index in [1.165, 1.54) is 0 Å². The second-order valence-electron chi connectivity index (χ2n) is 14.6. The molecule has 5 rings (SSSR count). The van der Waals surface area contributed by atoms with Crippen LogP contribution >= 0.6 is 0 Å². The van der Waals surface area contributed by atoms with Crippen molar-refractivity contribution in [3.8, 4) is 0 Å². The standard InChI is InChI=1S/C34H57N8O4/c35-40-37-18-17-25-9-4-5-12-30(25)31-34(33(44)42-19-6-1-7-20-42,23-27-10-2-3-11-28(27)24-38-41-36)39-32(46-31)26-13-15-29(16-14-26)45-22-8-21-43/h25-31,35,43H,1-24H2/q+1/t25?,26?,27?,28?,29?,30?,31-,34-/m1/s1. The summed E-state index contributed by atoms with van der Waals surface area (Å²) in [6, 6.07) is 0. The molecule has 3 aliphatic carbocycles. The van der Waals surface area contributed by atoms with Crippen molar-refractivity contribution >= 4 is 11.8 Å². The van der Waals surface area contributed by atoms with Crippen molar-refractivity contribution < 1.29 is 19.4 Å². The minimum atomic E-state index is -0.977. The number of carbonyl (C=O) groups excluding carboxylic acids is 1. The van der Waals surface area contributed by atoms with Crippen LogP contribution in [0.3, 0.4) is 0 Å². The van der Waals surface area contributed by atoms with Crippen LogP contribution < -0.4 is 4.91 Å². The molecule has 0 bridgehead atoms. The van der Waals surface area contributed by atoms with Crippen molar-refractivity contribution in [2.45, 2.75) is 133 Å². The van der Waals surface area contributed by atoms with Crippen LogP contribution in [0, 0.1) is 35.1 Å². The van der Waals surface area contributed by atoms with E-state index < -0.39 is 5.54 Å². The Bertz CT molecular complexity index is 1110. The lowest BCUT2D eigenvalue weighted by atomic mass is 9.65. The molecule has 0 aromatic rings. The Balaban J connectivity index is 1.49. The summed E-state index contributed by atoms with van der Waals surface area (Å²) < 4.78 is 13.2. The van der Waals surface area contributed by atoms with Gasteiger partial charge in [-0.15, -0.1) is 0 Å². The molecule has 4 fully saturated rings. The van der Waals surface area contributed by atoms with Gasteiger partial charge in [-0.2, -0.15) is 0 Å². The van der Waals surface area contributed by atoms with E-state index in [0.717, 1.165) is 122 Å². The second kappa shape index (κ2) is 17.6. The molecule has 6 atom stereocenters. The van der Waals surface area contributed by atoms with E-state index in [-0.39, 0.29) is 48.4 Å². The number of piperidine rings is 1. The summed E-state index contributed by atoms with van der Waals surface area (Å²) in [5.74, 6) is 2.12. The zero-order valence-electron chi connectivity index (χ0n) is 27.8. The molecular weight excluding hydrogens is 584 g/mol. The Morgan fingerprint density at radius 2 is 1.70 bits per heavy atom. The maximum Gasteiger partial charge on any atom is 0.254 e. The molecular formula is C34H57N8O4+. The van der Waals surface area contributed by atoms with Crippen LogP contribution in [0.1, 0.15) is 116 Å². The summed E-state index contributed by atoms with van der Waals surface area (Å²) in [7, 11) is 0. The van der Waals surface area contributed by atoms with E-state index in [2.05, 4.69) is 25.0 Å². The van der Waals surface area contributed by atoms with Crippen LogP contribution in [0.15, 0.2) is 15.2 Å². The number of aliphatic hydroxyl groups is 1. The van der Waals surface area contributed by atoms with E-state index in [1.54, 1.807) is 0 Å². The highest BCUT2D eigenvalue weighted by atomic mass is 16.5. The highest BCUT2D eigenvalue weighted by molar-refractivity contribution is 5.94. The first-order chi connectivity index (χ1) is 22.6. The zero-order chi connectivity index (χ0) is 32.2. The molecule has 1 saturated heterocycles. The zero-order valence-corrected chi connectivity index (χ0v) is 27.8. The fraction of sp³-hybridized carbons (Fsp3) is 0.941. The van der Waals surface area contributed by atoms with Gasteiger partial charge in [-0.05, 0) is 100 Å². The number of aliphatic hydroxyl groups excluding tert-OH is 1. The van der Waals surface area contributed by atoms with Gasteiger partial charge in [0.05, 0.1) is 6.10 Å². The van der Waals surface area contributed by atoms with E-state index in [1.807, 2.05) is 0 Å². The van der Waals surface area contributed by atoms with Crippen molar-refractivity contribution in [1.82, 2.24) is 9.81 Å². The van der Waals surface area contributed by atoms with Crippen LogP contribution in [-0.4, -0.2) is 79.0 Å². The van der Waals surface area contributed by atoms with Crippen molar-refractivity contribution in [2.75, 3.05) is 39.4 Å². The fourth-order valence-corrected chi connectivity index (χ4v) is 9.33. The molecule has 2 heterocycles. The summed E-state index contributed by atoms with van der Waals surface area (Å²) in [4.78, 5) is 29.2. The number of azide groups is 1. The SMILES string of the molecule is [N-]=[N+]=NCC1CCCCC1C[C@@]1(C(=O)N2CCCCC2)N=C(C2CCC(OCCCO)CC2)O[C@@H]1C1CCCCC1CCN=[N+]=N. The second-order valence-corrected chi connectivity index (χ2v) is 14.6.